The van der Waals surface area contributed by atoms with Gasteiger partial charge in [-0.15, -0.1) is 0 Å². The summed E-state index contributed by atoms with van der Waals surface area (Å²) < 4.78 is 18.4. The van der Waals surface area contributed by atoms with Crippen molar-refractivity contribution in [2.24, 2.45) is 0 Å². The van der Waals surface area contributed by atoms with Gasteiger partial charge in [0.25, 0.3) is 0 Å². The molecule has 0 saturated heterocycles. The topological polar surface area (TPSA) is 56.1 Å². The maximum Gasteiger partial charge on any atom is 0.337 e. The number of para-hydroxylation sites is 1. The molecular formula is C16H14FN3O2. The molecule has 1 heterocycles. The van der Waals surface area contributed by atoms with Crippen LogP contribution in [-0.4, -0.2) is 23.0 Å². The van der Waals surface area contributed by atoms with Gasteiger partial charge in [0, 0.05) is 5.39 Å². The van der Waals surface area contributed by atoms with Gasteiger partial charge in [0.15, 0.2) is 0 Å². The van der Waals surface area contributed by atoms with Crippen molar-refractivity contribution >= 4 is 22.6 Å². The van der Waals surface area contributed by atoms with Gasteiger partial charge in [-0.2, -0.15) is 9.89 Å². The molecule has 0 amide bonds. The summed E-state index contributed by atoms with van der Waals surface area (Å²) in [7, 11) is 1.34. The zero-order chi connectivity index (χ0) is 15.7. The molecule has 0 fully saturated rings. The quantitative estimate of drug-likeness (QED) is 0.755. The zero-order valence-corrected chi connectivity index (χ0v) is 12.1. The maximum atomic E-state index is 13.7. The lowest BCUT2D eigenvalue weighted by Crippen LogP contribution is -2.13. The Morgan fingerprint density at radius 2 is 2.05 bits per heavy atom. The van der Waals surface area contributed by atoms with Crippen LogP contribution < -0.4 is 5.43 Å². The molecule has 1 aromatic heterocycles. The van der Waals surface area contributed by atoms with Crippen molar-refractivity contribution in [2.45, 2.75) is 6.92 Å². The van der Waals surface area contributed by atoms with Crippen molar-refractivity contribution in [1.82, 2.24) is 9.89 Å². The number of anilines is 1. The van der Waals surface area contributed by atoms with Gasteiger partial charge in [0.05, 0.1) is 29.6 Å². The van der Waals surface area contributed by atoms with Crippen LogP contribution in [0.3, 0.4) is 0 Å². The van der Waals surface area contributed by atoms with Gasteiger partial charge in [0.2, 0.25) is 0 Å². The Labute approximate surface area is 126 Å². The molecule has 2 aromatic carbocycles. The number of aromatic nitrogens is 2. The van der Waals surface area contributed by atoms with Crippen molar-refractivity contribution in [3.05, 3.63) is 59.5 Å². The number of nitrogens with zero attached hydrogens (tertiary/aromatic N) is 2. The fraction of sp³-hybridized carbons (Fsp3) is 0.125. The van der Waals surface area contributed by atoms with Crippen LogP contribution in [-0.2, 0) is 4.74 Å². The maximum absolute atomic E-state index is 13.7. The van der Waals surface area contributed by atoms with Crippen LogP contribution in [0.2, 0.25) is 0 Å². The third-order valence-corrected chi connectivity index (χ3v) is 3.43. The first-order valence-corrected chi connectivity index (χ1v) is 6.69. The fourth-order valence-corrected chi connectivity index (χ4v) is 2.23. The van der Waals surface area contributed by atoms with E-state index in [0.29, 0.717) is 16.8 Å². The molecule has 0 saturated carbocycles. The van der Waals surface area contributed by atoms with E-state index in [1.54, 1.807) is 36.4 Å². The number of aryl methyl sites for hydroxylation is 1. The molecule has 0 bridgehead atoms. The summed E-state index contributed by atoms with van der Waals surface area (Å²) in [5.74, 6) is -0.771. The number of carbonyl (C=O) groups excluding carboxylic acids is 1. The lowest BCUT2D eigenvalue weighted by atomic mass is 10.1. The predicted octanol–water partition coefficient (Wildman–Crippen LogP) is 3.15. The van der Waals surface area contributed by atoms with E-state index in [-0.39, 0.29) is 5.82 Å². The van der Waals surface area contributed by atoms with E-state index >= 15 is 0 Å². The Balaban J connectivity index is 2.03. The Hall–Kier alpha value is -2.89. The normalized spacial score (nSPS) is 10.7. The zero-order valence-electron chi connectivity index (χ0n) is 12.1. The highest BCUT2D eigenvalue weighted by Gasteiger charge is 2.12. The highest BCUT2D eigenvalue weighted by molar-refractivity contribution is 5.95. The molecule has 0 aliphatic heterocycles. The van der Waals surface area contributed by atoms with E-state index in [4.69, 9.17) is 4.74 Å². The van der Waals surface area contributed by atoms with Crippen LogP contribution in [0.25, 0.3) is 10.9 Å². The average molecular weight is 299 g/mol. The number of benzene rings is 2. The summed E-state index contributed by atoms with van der Waals surface area (Å²) in [5.41, 5.74) is 5.15. The molecule has 0 aliphatic carbocycles. The molecule has 0 radical (unpaired) electrons. The van der Waals surface area contributed by atoms with E-state index in [0.717, 1.165) is 11.1 Å². The van der Waals surface area contributed by atoms with Crippen molar-refractivity contribution in [3.63, 3.8) is 0 Å². The molecule has 1 N–H and O–H groups in total. The third kappa shape index (κ3) is 2.39. The smallest absolute Gasteiger partial charge is 0.337 e. The van der Waals surface area contributed by atoms with Crippen molar-refractivity contribution in [3.8, 4) is 0 Å². The lowest BCUT2D eigenvalue weighted by Gasteiger charge is -2.08. The molecule has 0 aliphatic rings. The summed E-state index contributed by atoms with van der Waals surface area (Å²) in [6, 6.07) is 11.4. The van der Waals surface area contributed by atoms with Gasteiger partial charge < -0.3 is 4.74 Å². The first kappa shape index (κ1) is 14.1. The SMILES string of the molecule is COC(=O)c1ccc2nn(Nc3ccccc3F)c(C)c2c1. The van der Waals surface area contributed by atoms with Gasteiger partial charge in [-0.25, -0.2) is 9.18 Å². The molecule has 0 unspecified atom stereocenters. The average Bonchev–Trinajstić information content (AvgIpc) is 2.84. The summed E-state index contributed by atoms with van der Waals surface area (Å²) >= 11 is 0. The number of esters is 1. The number of halogens is 1. The van der Waals surface area contributed by atoms with E-state index in [9.17, 15) is 9.18 Å². The molecular weight excluding hydrogens is 285 g/mol. The monoisotopic (exact) mass is 299 g/mol. The van der Waals surface area contributed by atoms with Gasteiger partial charge in [-0.3, -0.25) is 5.43 Å². The summed E-state index contributed by atoms with van der Waals surface area (Å²) in [6.07, 6.45) is 0. The van der Waals surface area contributed by atoms with Crippen LogP contribution in [0.1, 0.15) is 16.1 Å². The second-order valence-electron chi connectivity index (χ2n) is 4.81. The first-order valence-electron chi connectivity index (χ1n) is 6.69. The second-order valence-corrected chi connectivity index (χ2v) is 4.81. The van der Waals surface area contributed by atoms with Gasteiger partial charge in [-0.1, -0.05) is 12.1 Å². The van der Waals surface area contributed by atoms with Gasteiger partial charge in [-0.05, 0) is 37.3 Å². The number of hydrogen-bond donors (Lipinski definition) is 1. The molecule has 3 rings (SSSR count). The van der Waals surface area contributed by atoms with Gasteiger partial charge >= 0.3 is 5.97 Å². The number of methoxy groups -OCH3 is 1. The summed E-state index contributed by atoms with van der Waals surface area (Å²) in [4.78, 5) is 13.1. The minimum atomic E-state index is -0.406. The Morgan fingerprint density at radius 3 is 2.77 bits per heavy atom. The van der Waals surface area contributed by atoms with Crippen molar-refractivity contribution in [1.29, 1.82) is 0 Å². The van der Waals surface area contributed by atoms with E-state index < -0.39 is 5.97 Å². The van der Waals surface area contributed by atoms with E-state index in [1.165, 1.54) is 18.0 Å². The largest absolute Gasteiger partial charge is 0.465 e. The predicted molar refractivity (Wildman–Crippen MR) is 81.2 cm³/mol. The minimum absolute atomic E-state index is 0.326. The van der Waals surface area contributed by atoms with Crippen LogP contribution in [0.5, 0.6) is 0 Å². The van der Waals surface area contributed by atoms with Crippen LogP contribution in [0, 0.1) is 12.7 Å². The number of fused-ring (bicyclic) bond motifs is 1. The first-order chi connectivity index (χ1) is 10.6. The van der Waals surface area contributed by atoms with E-state index in [2.05, 4.69) is 10.5 Å². The van der Waals surface area contributed by atoms with Crippen LogP contribution in [0.15, 0.2) is 42.5 Å². The number of hydrogen-bond acceptors (Lipinski definition) is 4. The minimum Gasteiger partial charge on any atom is -0.465 e. The molecule has 6 heteroatoms. The highest BCUT2D eigenvalue weighted by Crippen LogP contribution is 2.21. The van der Waals surface area contributed by atoms with Crippen molar-refractivity contribution < 1.29 is 13.9 Å². The second kappa shape index (κ2) is 5.48. The molecule has 0 spiro atoms. The molecule has 0 atom stereocenters. The number of carbonyl (C=O) groups is 1. The number of rotatable bonds is 3. The Bertz CT molecular complexity index is 858. The highest BCUT2D eigenvalue weighted by atomic mass is 19.1. The summed E-state index contributed by atoms with van der Waals surface area (Å²) in [5, 5.41) is 5.16. The van der Waals surface area contributed by atoms with Crippen LogP contribution >= 0.6 is 0 Å². The fourth-order valence-electron chi connectivity index (χ4n) is 2.23. The molecule has 5 nitrogen and oxygen atoms in total. The lowest BCUT2D eigenvalue weighted by molar-refractivity contribution is 0.0601. The summed E-state index contributed by atoms with van der Waals surface area (Å²) in [6.45, 7) is 1.84. The van der Waals surface area contributed by atoms with E-state index in [1.807, 2.05) is 6.92 Å². The third-order valence-electron chi connectivity index (χ3n) is 3.43. The Kier molecular flexibility index (Phi) is 3.50. The number of ether oxygens (including phenoxy) is 1. The number of nitrogens with one attached hydrogen (secondary N) is 1. The molecule has 3 aromatic rings. The van der Waals surface area contributed by atoms with Crippen LogP contribution in [0.4, 0.5) is 10.1 Å². The molecule has 112 valence electrons. The van der Waals surface area contributed by atoms with Crippen molar-refractivity contribution in [2.75, 3.05) is 12.5 Å². The standard InChI is InChI=1S/C16H14FN3O2/c1-10-12-9-11(16(21)22-2)7-8-14(12)18-20(10)19-15-6-4-3-5-13(15)17/h3-9,19H,1-2H3. The molecule has 22 heavy (non-hydrogen) atoms. The van der Waals surface area contributed by atoms with Gasteiger partial charge in [0.1, 0.15) is 5.82 Å². The Morgan fingerprint density at radius 1 is 1.27 bits per heavy atom.